The minimum atomic E-state index is 0.440. The van der Waals surface area contributed by atoms with Gasteiger partial charge in [0.1, 0.15) is 0 Å². The van der Waals surface area contributed by atoms with E-state index in [1.54, 1.807) is 0 Å². The van der Waals surface area contributed by atoms with Crippen LogP contribution < -0.4 is 5.32 Å². The summed E-state index contributed by atoms with van der Waals surface area (Å²) in [6.45, 7) is 12.9. The van der Waals surface area contributed by atoms with Gasteiger partial charge in [0.15, 0.2) is 0 Å². The predicted molar refractivity (Wildman–Crippen MR) is 67.3 cm³/mol. The van der Waals surface area contributed by atoms with Crippen LogP contribution in [0.1, 0.15) is 53.4 Å². The zero-order chi connectivity index (χ0) is 11.3. The van der Waals surface area contributed by atoms with Crippen molar-refractivity contribution in [3.05, 3.63) is 0 Å². The second-order valence-corrected chi connectivity index (χ2v) is 5.37. The van der Waals surface area contributed by atoms with E-state index in [1.165, 1.54) is 38.8 Å². The second-order valence-electron chi connectivity index (χ2n) is 5.37. The van der Waals surface area contributed by atoms with Gasteiger partial charge in [-0.25, -0.2) is 0 Å². The highest BCUT2D eigenvalue weighted by atomic mass is 15.2. The fourth-order valence-electron chi connectivity index (χ4n) is 2.56. The van der Waals surface area contributed by atoms with Crippen LogP contribution in [-0.2, 0) is 0 Å². The molecule has 0 unspecified atom stereocenters. The first-order valence-corrected chi connectivity index (χ1v) is 6.58. The lowest BCUT2D eigenvalue weighted by molar-refractivity contribution is 0.173. The molecule has 15 heavy (non-hydrogen) atoms. The van der Waals surface area contributed by atoms with Crippen molar-refractivity contribution in [2.45, 2.75) is 65.0 Å². The maximum atomic E-state index is 3.64. The summed E-state index contributed by atoms with van der Waals surface area (Å²) in [5.41, 5.74) is 0.440. The van der Waals surface area contributed by atoms with Crippen LogP contribution in [-0.4, -0.2) is 36.1 Å². The largest absolute Gasteiger partial charge is 0.313 e. The highest BCUT2D eigenvalue weighted by Gasteiger charge is 2.30. The molecule has 0 amide bonds. The average Bonchev–Trinajstić information content (AvgIpc) is 2.53. The summed E-state index contributed by atoms with van der Waals surface area (Å²) in [5, 5.41) is 3.64. The molecule has 1 saturated heterocycles. The molecule has 0 saturated carbocycles. The van der Waals surface area contributed by atoms with Gasteiger partial charge in [-0.15, -0.1) is 0 Å². The summed E-state index contributed by atoms with van der Waals surface area (Å²) in [6, 6.07) is 0.718. The molecule has 1 aliphatic heterocycles. The third-order valence-electron chi connectivity index (χ3n) is 3.87. The van der Waals surface area contributed by atoms with E-state index >= 15 is 0 Å². The smallest absolute Gasteiger partial charge is 0.0154 e. The average molecular weight is 212 g/mol. The van der Waals surface area contributed by atoms with Crippen LogP contribution in [0.3, 0.4) is 0 Å². The van der Waals surface area contributed by atoms with Gasteiger partial charge < -0.3 is 5.32 Å². The molecule has 2 heteroatoms. The van der Waals surface area contributed by atoms with Crippen molar-refractivity contribution < 1.29 is 0 Å². The molecule has 90 valence electrons. The summed E-state index contributed by atoms with van der Waals surface area (Å²) in [4.78, 5) is 2.63. The van der Waals surface area contributed by atoms with E-state index in [2.05, 4.69) is 37.9 Å². The minimum Gasteiger partial charge on any atom is -0.313 e. The van der Waals surface area contributed by atoms with Gasteiger partial charge in [-0.1, -0.05) is 13.8 Å². The molecule has 0 aromatic heterocycles. The molecule has 0 aromatic rings. The van der Waals surface area contributed by atoms with Crippen LogP contribution in [0.2, 0.25) is 0 Å². The molecular formula is C13H28N2. The van der Waals surface area contributed by atoms with Gasteiger partial charge in [0.2, 0.25) is 0 Å². The van der Waals surface area contributed by atoms with Crippen LogP contribution in [0.4, 0.5) is 0 Å². The molecule has 0 bridgehead atoms. The van der Waals surface area contributed by atoms with E-state index < -0.39 is 0 Å². The molecule has 1 aliphatic rings. The summed E-state index contributed by atoms with van der Waals surface area (Å²) in [7, 11) is 0. The molecular weight excluding hydrogens is 184 g/mol. The molecule has 0 spiro atoms. The molecule has 0 atom stereocenters. The Morgan fingerprint density at radius 1 is 1.27 bits per heavy atom. The zero-order valence-electron chi connectivity index (χ0n) is 11.0. The fraction of sp³-hybridized carbons (Fsp3) is 1.00. The first-order chi connectivity index (χ1) is 7.10. The van der Waals surface area contributed by atoms with E-state index in [-0.39, 0.29) is 0 Å². The monoisotopic (exact) mass is 212 g/mol. The van der Waals surface area contributed by atoms with Gasteiger partial charge in [-0.05, 0) is 46.1 Å². The van der Waals surface area contributed by atoms with E-state index in [4.69, 9.17) is 0 Å². The van der Waals surface area contributed by atoms with E-state index in [1.807, 2.05) is 0 Å². The zero-order valence-corrected chi connectivity index (χ0v) is 11.0. The summed E-state index contributed by atoms with van der Waals surface area (Å²) < 4.78 is 0. The Morgan fingerprint density at radius 2 is 1.93 bits per heavy atom. The summed E-state index contributed by atoms with van der Waals surface area (Å²) >= 11 is 0. The molecule has 1 rings (SSSR count). The van der Waals surface area contributed by atoms with E-state index in [9.17, 15) is 0 Å². The van der Waals surface area contributed by atoms with Crippen LogP contribution in [0.5, 0.6) is 0 Å². The lowest BCUT2D eigenvalue weighted by Gasteiger charge is -2.32. The fourth-order valence-corrected chi connectivity index (χ4v) is 2.56. The van der Waals surface area contributed by atoms with Gasteiger partial charge in [0, 0.05) is 24.7 Å². The van der Waals surface area contributed by atoms with Gasteiger partial charge in [-0.2, -0.15) is 0 Å². The number of nitrogens with one attached hydrogen (secondary N) is 1. The lowest BCUT2D eigenvalue weighted by atomic mass is 10.0. The SMILES string of the molecule is CCC(CC)NCCN1CCCC1(C)C. The topological polar surface area (TPSA) is 15.3 Å². The van der Waals surface area contributed by atoms with E-state index in [0.717, 1.165) is 12.6 Å². The van der Waals surface area contributed by atoms with Crippen molar-refractivity contribution >= 4 is 0 Å². The van der Waals surface area contributed by atoms with Crippen molar-refractivity contribution in [1.29, 1.82) is 0 Å². The van der Waals surface area contributed by atoms with Gasteiger partial charge in [-0.3, -0.25) is 4.90 Å². The summed E-state index contributed by atoms with van der Waals surface area (Å²) in [6.07, 6.45) is 5.23. The molecule has 0 aliphatic carbocycles. The molecule has 1 heterocycles. The Bertz CT molecular complexity index is 173. The molecule has 0 radical (unpaired) electrons. The van der Waals surface area contributed by atoms with Crippen LogP contribution >= 0.6 is 0 Å². The van der Waals surface area contributed by atoms with Gasteiger partial charge in [0.25, 0.3) is 0 Å². The Kier molecular flexibility index (Phi) is 5.07. The maximum absolute atomic E-state index is 3.64. The predicted octanol–water partition coefficient (Wildman–Crippen LogP) is 2.64. The van der Waals surface area contributed by atoms with E-state index in [0.29, 0.717) is 5.54 Å². The highest BCUT2D eigenvalue weighted by Crippen LogP contribution is 2.27. The first-order valence-electron chi connectivity index (χ1n) is 6.58. The van der Waals surface area contributed by atoms with Crippen LogP contribution in [0, 0.1) is 0 Å². The molecule has 1 fully saturated rings. The quantitative estimate of drug-likeness (QED) is 0.728. The third-order valence-corrected chi connectivity index (χ3v) is 3.87. The second kappa shape index (κ2) is 5.86. The Labute approximate surface area is 95.4 Å². The first kappa shape index (κ1) is 13.0. The lowest BCUT2D eigenvalue weighted by Crippen LogP contribution is -2.43. The van der Waals surface area contributed by atoms with Crippen molar-refractivity contribution in [1.82, 2.24) is 10.2 Å². The number of nitrogens with zero attached hydrogens (tertiary/aromatic N) is 1. The standard InChI is InChI=1S/C13H28N2/c1-5-12(6-2)14-9-11-15-10-7-8-13(15,3)4/h12,14H,5-11H2,1-4H3. The molecule has 2 nitrogen and oxygen atoms in total. The van der Waals surface area contributed by atoms with Crippen LogP contribution in [0.25, 0.3) is 0 Å². The van der Waals surface area contributed by atoms with Gasteiger partial charge in [0.05, 0.1) is 0 Å². The number of hydrogen-bond donors (Lipinski definition) is 1. The van der Waals surface area contributed by atoms with Gasteiger partial charge >= 0.3 is 0 Å². The number of hydrogen-bond acceptors (Lipinski definition) is 2. The van der Waals surface area contributed by atoms with Crippen molar-refractivity contribution in [2.24, 2.45) is 0 Å². The third kappa shape index (κ3) is 3.76. The van der Waals surface area contributed by atoms with Crippen molar-refractivity contribution in [3.63, 3.8) is 0 Å². The molecule has 0 aromatic carbocycles. The molecule has 1 N–H and O–H groups in total. The number of likely N-dealkylation sites (tertiary alicyclic amines) is 1. The van der Waals surface area contributed by atoms with Crippen molar-refractivity contribution in [2.75, 3.05) is 19.6 Å². The number of rotatable bonds is 6. The summed E-state index contributed by atoms with van der Waals surface area (Å²) in [5.74, 6) is 0. The Hall–Kier alpha value is -0.0800. The highest BCUT2D eigenvalue weighted by molar-refractivity contribution is 4.87. The normalized spacial score (nSPS) is 21.4. The van der Waals surface area contributed by atoms with Crippen LogP contribution in [0.15, 0.2) is 0 Å². The Morgan fingerprint density at radius 3 is 2.40 bits per heavy atom. The maximum Gasteiger partial charge on any atom is 0.0154 e. The minimum absolute atomic E-state index is 0.440. The Balaban J connectivity index is 2.20. The van der Waals surface area contributed by atoms with Crippen molar-refractivity contribution in [3.8, 4) is 0 Å².